The molecule has 1 atom stereocenters. The van der Waals surface area contributed by atoms with E-state index in [1.807, 2.05) is 23.1 Å². The van der Waals surface area contributed by atoms with Crippen molar-refractivity contribution in [3.05, 3.63) is 34.9 Å². The number of nitrogens with zero attached hydrogens (tertiary/aromatic N) is 1. The van der Waals surface area contributed by atoms with Gasteiger partial charge in [0.2, 0.25) is 6.41 Å². The standard InChI is InChI=1S/C18H23ClN2O/c19-15-6-7-17(20)16(11-15)14-8-9-21(12-22)18(10-14)13-4-2-1-3-5-13/h6-7,10-13,18H,1-5,8-9,20H2. The molecule has 0 spiro atoms. The summed E-state index contributed by atoms with van der Waals surface area (Å²) in [6.45, 7) is 0.766. The van der Waals surface area contributed by atoms with Crippen LogP contribution in [0.15, 0.2) is 24.3 Å². The van der Waals surface area contributed by atoms with Crippen molar-refractivity contribution in [2.75, 3.05) is 12.3 Å². The van der Waals surface area contributed by atoms with Crippen LogP contribution in [0.2, 0.25) is 5.02 Å². The van der Waals surface area contributed by atoms with E-state index >= 15 is 0 Å². The molecule has 3 nitrogen and oxygen atoms in total. The van der Waals surface area contributed by atoms with E-state index in [1.54, 1.807) is 0 Å². The minimum atomic E-state index is 0.208. The molecule has 118 valence electrons. The predicted octanol–water partition coefficient (Wildman–Crippen LogP) is 4.12. The Morgan fingerprint density at radius 1 is 1.23 bits per heavy atom. The lowest BCUT2D eigenvalue weighted by molar-refractivity contribution is -0.120. The number of amides is 1. The topological polar surface area (TPSA) is 46.3 Å². The number of nitrogens with two attached hydrogens (primary N) is 1. The molecule has 3 rings (SSSR count). The molecule has 4 heteroatoms. The first-order valence-electron chi connectivity index (χ1n) is 8.16. The van der Waals surface area contributed by atoms with Crippen molar-refractivity contribution in [1.82, 2.24) is 4.90 Å². The summed E-state index contributed by atoms with van der Waals surface area (Å²) < 4.78 is 0. The lowest BCUT2D eigenvalue weighted by Crippen LogP contribution is -2.42. The average Bonchev–Trinajstić information content (AvgIpc) is 2.57. The molecule has 1 heterocycles. The number of carbonyl (C=O) groups excluding carboxylic acids is 1. The molecule has 0 radical (unpaired) electrons. The van der Waals surface area contributed by atoms with Crippen molar-refractivity contribution in [3.8, 4) is 0 Å². The summed E-state index contributed by atoms with van der Waals surface area (Å²) in [6, 6.07) is 5.83. The zero-order valence-corrected chi connectivity index (χ0v) is 13.6. The number of hydrogen-bond donors (Lipinski definition) is 1. The fourth-order valence-corrected chi connectivity index (χ4v) is 3.99. The van der Waals surface area contributed by atoms with Crippen LogP contribution in [0.25, 0.3) is 5.57 Å². The summed E-state index contributed by atoms with van der Waals surface area (Å²) in [7, 11) is 0. The molecule has 1 aliphatic heterocycles. The van der Waals surface area contributed by atoms with Gasteiger partial charge in [0, 0.05) is 22.8 Å². The van der Waals surface area contributed by atoms with Crippen molar-refractivity contribution in [2.24, 2.45) is 5.92 Å². The monoisotopic (exact) mass is 318 g/mol. The summed E-state index contributed by atoms with van der Waals surface area (Å²) in [5.74, 6) is 0.578. The Morgan fingerprint density at radius 2 is 2.00 bits per heavy atom. The Bertz CT molecular complexity index is 578. The highest BCUT2D eigenvalue weighted by Gasteiger charge is 2.30. The van der Waals surface area contributed by atoms with E-state index in [-0.39, 0.29) is 6.04 Å². The highest BCUT2D eigenvalue weighted by molar-refractivity contribution is 6.30. The summed E-state index contributed by atoms with van der Waals surface area (Å²) in [5, 5.41) is 0.706. The molecule has 1 aromatic carbocycles. The van der Waals surface area contributed by atoms with E-state index < -0.39 is 0 Å². The van der Waals surface area contributed by atoms with Gasteiger partial charge in [0.1, 0.15) is 0 Å². The third-order valence-electron chi connectivity index (χ3n) is 5.02. The number of nitrogen functional groups attached to an aromatic ring is 1. The molecule has 0 bridgehead atoms. The molecule has 1 saturated carbocycles. The third kappa shape index (κ3) is 3.14. The molecular formula is C18H23ClN2O. The smallest absolute Gasteiger partial charge is 0.210 e. The molecule has 1 unspecified atom stereocenters. The Hall–Kier alpha value is -1.48. The van der Waals surface area contributed by atoms with Crippen molar-refractivity contribution in [2.45, 2.75) is 44.6 Å². The lowest BCUT2D eigenvalue weighted by atomic mass is 9.80. The van der Waals surface area contributed by atoms with Crippen molar-refractivity contribution >= 4 is 29.3 Å². The van der Waals surface area contributed by atoms with E-state index in [4.69, 9.17) is 17.3 Å². The number of anilines is 1. The van der Waals surface area contributed by atoms with Gasteiger partial charge in [-0.3, -0.25) is 4.79 Å². The van der Waals surface area contributed by atoms with Crippen molar-refractivity contribution < 1.29 is 4.79 Å². The number of hydrogen-bond acceptors (Lipinski definition) is 2. The molecule has 1 aromatic rings. The van der Waals surface area contributed by atoms with E-state index in [0.717, 1.165) is 30.6 Å². The SMILES string of the molecule is Nc1ccc(Cl)cc1C1=CC(C2CCCCC2)N(C=O)CC1. The van der Waals surface area contributed by atoms with Gasteiger partial charge in [0.15, 0.2) is 0 Å². The number of benzene rings is 1. The molecular weight excluding hydrogens is 296 g/mol. The molecule has 2 N–H and O–H groups in total. The van der Waals surface area contributed by atoms with Crippen LogP contribution in [0.3, 0.4) is 0 Å². The van der Waals surface area contributed by atoms with Crippen LogP contribution in [0.4, 0.5) is 5.69 Å². The lowest BCUT2D eigenvalue weighted by Gasteiger charge is -2.38. The van der Waals surface area contributed by atoms with Gasteiger partial charge in [0.25, 0.3) is 0 Å². The van der Waals surface area contributed by atoms with Gasteiger partial charge >= 0.3 is 0 Å². The van der Waals surface area contributed by atoms with Crippen molar-refractivity contribution in [3.63, 3.8) is 0 Å². The van der Waals surface area contributed by atoms with Gasteiger partial charge in [-0.25, -0.2) is 0 Å². The van der Waals surface area contributed by atoms with Crippen LogP contribution in [0, 0.1) is 5.92 Å². The van der Waals surface area contributed by atoms with E-state index in [9.17, 15) is 4.79 Å². The van der Waals surface area contributed by atoms with E-state index in [0.29, 0.717) is 10.9 Å². The Labute approximate surface area is 137 Å². The quantitative estimate of drug-likeness (QED) is 0.673. The minimum absolute atomic E-state index is 0.208. The second-order valence-corrected chi connectivity index (χ2v) is 6.84. The van der Waals surface area contributed by atoms with Crippen LogP contribution in [0.5, 0.6) is 0 Å². The predicted molar refractivity (Wildman–Crippen MR) is 91.6 cm³/mol. The van der Waals surface area contributed by atoms with Crippen molar-refractivity contribution in [1.29, 1.82) is 0 Å². The highest BCUT2D eigenvalue weighted by atomic mass is 35.5. The highest BCUT2D eigenvalue weighted by Crippen LogP contribution is 2.36. The molecule has 2 aliphatic rings. The van der Waals surface area contributed by atoms with Gasteiger partial charge in [0.05, 0.1) is 6.04 Å². The molecule has 1 aliphatic carbocycles. The van der Waals surface area contributed by atoms with E-state index in [1.165, 1.54) is 37.7 Å². The molecule has 1 amide bonds. The second kappa shape index (κ2) is 6.74. The third-order valence-corrected chi connectivity index (χ3v) is 5.26. The van der Waals surface area contributed by atoms with Crippen LogP contribution >= 0.6 is 11.6 Å². The molecule has 0 aromatic heterocycles. The Kier molecular flexibility index (Phi) is 4.72. The Morgan fingerprint density at radius 3 is 2.73 bits per heavy atom. The number of rotatable bonds is 3. The first-order valence-corrected chi connectivity index (χ1v) is 8.54. The van der Waals surface area contributed by atoms with Crippen LogP contribution < -0.4 is 5.73 Å². The Balaban J connectivity index is 1.92. The van der Waals surface area contributed by atoms with Gasteiger partial charge in [-0.15, -0.1) is 0 Å². The minimum Gasteiger partial charge on any atom is -0.398 e. The van der Waals surface area contributed by atoms with E-state index in [2.05, 4.69) is 6.08 Å². The molecule has 0 saturated heterocycles. The maximum atomic E-state index is 11.4. The van der Waals surface area contributed by atoms with Gasteiger partial charge < -0.3 is 10.6 Å². The van der Waals surface area contributed by atoms with Crippen LogP contribution in [-0.4, -0.2) is 23.9 Å². The summed E-state index contributed by atoms with van der Waals surface area (Å²) in [4.78, 5) is 13.4. The van der Waals surface area contributed by atoms with Crippen LogP contribution in [0.1, 0.15) is 44.1 Å². The van der Waals surface area contributed by atoms with Gasteiger partial charge in [-0.05, 0) is 49.0 Å². The first-order chi connectivity index (χ1) is 10.7. The fourth-order valence-electron chi connectivity index (χ4n) is 3.82. The second-order valence-electron chi connectivity index (χ2n) is 6.41. The normalized spacial score (nSPS) is 23.2. The molecule has 22 heavy (non-hydrogen) atoms. The van der Waals surface area contributed by atoms with Gasteiger partial charge in [-0.2, -0.15) is 0 Å². The summed E-state index contributed by atoms with van der Waals surface area (Å²) >= 11 is 6.13. The fraction of sp³-hybridized carbons (Fsp3) is 0.500. The zero-order valence-electron chi connectivity index (χ0n) is 12.8. The largest absolute Gasteiger partial charge is 0.398 e. The average molecular weight is 319 g/mol. The maximum Gasteiger partial charge on any atom is 0.210 e. The van der Waals surface area contributed by atoms with Crippen LogP contribution in [-0.2, 0) is 4.79 Å². The molecule has 1 fully saturated rings. The first kappa shape index (κ1) is 15.4. The number of carbonyl (C=O) groups is 1. The zero-order chi connectivity index (χ0) is 15.5. The van der Waals surface area contributed by atoms with Gasteiger partial charge in [-0.1, -0.05) is 36.9 Å². The summed E-state index contributed by atoms with van der Waals surface area (Å²) in [5.41, 5.74) is 9.15. The maximum absolute atomic E-state index is 11.4. The summed E-state index contributed by atoms with van der Waals surface area (Å²) in [6.07, 6.45) is 10.4. The number of halogens is 1.